The van der Waals surface area contributed by atoms with E-state index < -0.39 is 23.5 Å². The molecule has 0 spiro atoms. The van der Waals surface area contributed by atoms with Crippen LogP contribution >= 0.6 is 11.6 Å². The van der Waals surface area contributed by atoms with E-state index in [1.54, 1.807) is 55.6 Å². The maximum atomic E-state index is 13.0. The Hall–Kier alpha value is -3.26. The summed E-state index contributed by atoms with van der Waals surface area (Å²) in [4.78, 5) is 32.2. The Morgan fingerprint density at radius 2 is 1.84 bits per heavy atom. The topological polar surface area (TPSA) is 91.8 Å². The fourth-order valence-electron chi connectivity index (χ4n) is 4.78. The third-order valence-corrected chi connectivity index (χ3v) is 7.32. The normalized spacial score (nSPS) is 18.1. The Bertz CT molecular complexity index is 1270. The molecule has 1 amide bonds. The van der Waals surface area contributed by atoms with E-state index >= 15 is 0 Å². The van der Waals surface area contributed by atoms with E-state index in [1.165, 1.54) is 0 Å². The van der Waals surface area contributed by atoms with Crippen molar-refractivity contribution in [2.24, 2.45) is 0 Å². The number of Topliss-reactive ketones (excluding diaryl/α,β-unsaturated/α-hetero) is 1. The molecule has 2 N–H and O–H groups in total. The molecule has 2 atom stereocenters. The molecule has 3 aromatic rings. The number of likely N-dealkylation sites (tertiary alicyclic amines) is 1. The van der Waals surface area contributed by atoms with E-state index in [-0.39, 0.29) is 11.7 Å². The molecule has 2 heterocycles. The van der Waals surface area contributed by atoms with Crippen LogP contribution in [-0.2, 0) is 10.5 Å². The number of halogens is 1. The molecule has 0 unspecified atom stereocenters. The fraction of sp³-hybridized carbons (Fsp3) is 0.345. The first-order chi connectivity index (χ1) is 17.9. The Morgan fingerprint density at radius 3 is 2.46 bits per heavy atom. The van der Waals surface area contributed by atoms with Crippen LogP contribution in [-0.4, -0.2) is 51.9 Å². The summed E-state index contributed by atoms with van der Waals surface area (Å²) in [5.41, 5.74) is 0.890. The first-order valence-electron chi connectivity index (χ1n) is 12.7. The van der Waals surface area contributed by atoms with Crippen LogP contribution in [0.25, 0.3) is 11.3 Å². The summed E-state index contributed by atoms with van der Waals surface area (Å²) >= 11 is 6.51. The van der Waals surface area contributed by atoms with Crippen molar-refractivity contribution < 1.29 is 19.4 Å². The number of nitrogens with zero attached hydrogens (tertiary/aromatic N) is 2. The van der Waals surface area contributed by atoms with Crippen molar-refractivity contribution in [2.45, 2.75) is 50.5 Å². The van der Waals surface area contributed by atoms with Crippen LogP contribution in [0.1, 0.15) is 48.5 Å². The molecule has 0 radical (unpaired) electrons. The third-order valence-electron chi connectivity index (χ3n) is 7.03. The molecule has 2 aliphatic rings. The SMILES string of the molecule is C[C@@H](NC(=O)C(=O)c1ccc(-c2ccccn2)cc1)[C@](O)(c1ccc(OC2CC2)c(Cl)c1)N1CCCC1. The van der Waals surface area contributed by atoms with Crippen molar-refractivity contribution in [1.82, 2.24) is 15.2 Å². The summed E-state index contributed by atoms with van der Waals surface area (Å²) in [7, 11) is 0. The van der Waals surface area contributed by atoms with Gasteiger partial charge in [-0.2, -0.15) is 0 Å². The number of ether oxygens (including phenoxy) is 1. The third kappa shape index (κ3) is 5.39. The Balaban J connectivity index is 1.34. The highest BCUT2D eigenvalue weighted by Gasteiger charge is 2.44. The van der Waals surface area contributed by atoms with Crippen molar-refractivity contribution in [3.8, 4) is 17.0 Å². The summed E-state index contributed by atoms with van der Waals surface area (Å²) < 4.78 is 5.85. The molecular formula is C29H30ClN3O4. The zero-order valence-electron chi connectivity index (χ0n) is 20.7. The Morgan fingerprint density at radius 1 is 1.11 bits per heavy atom. The molecule has 2 fully saturated rings. The quantitative estimate of drug-likeness (QED) is 0.318. The highest BCUT2D eigenvalue weighted by atomic mass is 35.5. The molecule has 1 aliphatic heterocycles. The van der Waals surface area contributed by atoms with Gasteiger partial charge in [0.25, 0.3) is 5.91 Å². The van der Waals surface area contributed by atoms with Crippen LogP contribution in [0.3, 0.4) is 0 Å². The van der Waals surface area contributed by atoms with E-state index in [1.807, 2.05) is 23.1 Å². The van der Waals surface area contributed by atoms with Gasteiger partial charge in [-0.15, -0.1) is 0 Å². The average Bonchev–Trinajstić information content (AvgIpc) is 3.57. The zero-order valence-corrected chi connectivity index (χ0v) is 21.4. The summed E-state index contributed by atoms with van der Waals surface area (Å²) in [5, 5.41) is 15.2. The first kappa shape index (κ1) is 25.4. The molecule has 2 aromatic carbocycles. The van der Waals surface area contributed by atoms with Crippen LogP contribution in [0.5, 0.6) is 5.75 Å². The van der Waals surface area contributed by atoms with Gasteiger partial charge in [0.15, 0.2) is 5.72 Å². The molecule has 7 nitrogen and oxygen atoms in total. The molecule has 5 rings (SSSR count). The molecule has 0 bridgehead atoms. The molecular weight excluding hydrogens is 490 g/mol. The lowest BCUT2D eigenvalue weighted by molar-refractivity contribution is -0.139. The molecule has 1 aliphatic carbocycles. The van der Waals surface area contributed by atoms with E-state index in [0.717, 1.165) is 36.9 Å². The van der Waals surface area contributed by atoms with Crippen molar-refractivity contribution in [3.05, 3.63) is 83.0 Å². The molecule has 8 heteroatoms. The van der Waals surface area contributed by atoms with Crippen molar-refractivity contribution in [3.63, 3.8) is 0 Å². The number of nitrogens with one attached hydrogen (secondary N) is 1. The van der Waals surface area contributed by atoms with Crippen molar-refractivity contribution in [2.75, 3.05) is 13.1 Å². The lowest BCUT2D eigenvalue weighted by atomic mass is 9.93. The van der Waals surface area contributed by atoms with Gasteiger partial charge in [0.1, 0.15) is 5.75 Å². The largest absolute Gasteiger partial charge is 0.489 e. The Kier molecular flexibility index (Phi) is 7.29. The minimum absolute atomic E-state index is 0.197. The van der Waals surface area contributed by atoms with Crippen LogP contribution in [0.2, 0.25) is 5.02 Å². The number of aromatic nitrogens is 1. The van der Waals surface area contributed by atoms with Crippen LogP contribution in [0, 0.1) is 0 Å². The number of ketones is 1. The standard InChI is InChI=1S/C29H30ClN3O4/c1-19(32-28(35)27(34)21-9-7-20(8-10-21)25-6-2-3-15-31-25)29(36,33-16-4-5-17-33)22-11-14-26(24(30)18-22)37-23-12-13-23/h2-3,6-11,14-15,18-19,23,36H,4-5,12-13,16-17H2,1H3,(H,32,35)/t19-,29+/m1/s1. The van der Waals surface area contributed by atoms with Gasteiger partial charge in [0.05, 0.1) is 22.9 Å². The maximum Gasteiger partial charge on any atom is 0.292 e. The number of pyridine rings is 1. The van der Waals surface area contributed by atoms with Gasteiger partial charge in [-0.1, -0.05) is 48.0 Å². The molecule has 1 saturated carbocycles. The van der Waals surface area contributed by atoms with Gasteiger partial charge >= 0.3 is 0 Å². The smallest absolute Gasteiger partial charge is 0.292 e. The lowest BCUT2D eigenvalue weighted by Gasteiger charge is -2.42. The number of benzene rings is 2. The zero-order chi connectivity index (χ0) is 26.0. The highest BCUT2D eigenvalue weighted by Crippen LogP contribution is 2.38. The second-order valence-corrected chi connectivity index (χ2v) is 10.1. The van der Waals surface area contributed by atoms with E-state index in [4.69, 9.17) is 16.3 Å². The monoisotopic (exact) mass is 519 g/mol. The molecule has 1 saturated heterocycles. The fourth-order valence-corrected chi connectivity index (χ4v) is 5.00. The number of carbonyl (C=O) groups excluding carboxylic acids is 2. The molecule has 1 aromatic heterocycles. The predicted octanol–water partition coefficient (Wildman–Crippen LogP) is 4.57. The average molecular weight is 520 g/mol. The van der Waals surface area contributed by atoms with Gasteiger partial charge in [0.2, 0.25) is 5.78 Å². The molecule has 37 heavy (non-hydrogen) atoms. The number of carbonyl (C=O) groups is 2. The summed E-state index contributed by atoms with van der Waals surface area (Å²) in [6.07, 6.45) is 5.79. The number of amides is 1. The van der Waals surface area contributed by atoms with Gasteiger partial charge in [-0.3, -0.25) is 19.5 Å². The lowest BCUT2D eigenvalue weighted by Crippen LogP contribution is -2.59. The number of hydrogen-bond donors (Lipinski definition) is 2. The highest BCUT2D eigenvalue weighted by molar-refractivity contribution is 6.42. The van der Waals surface area contributed by atoms with Gasteiger partial charge < -0.3 is 15.2 Å². The van der Waals surface area contributed by atoms with E-state index in [9.17, 15) is 14.7 Å². The predicted molar refractivity (Wildman–Crippen MR) is 141 cm³/mol. The van der Waals surface area contributed by atoms with E-state index in [0.29, 0.717) is 29.4 Å². The minimum Gasteiger partial charge on any atom is -0.489 e. The second kappa shape index (κ2) is 10.6. The first-order valence-corrected chi connectivity index (χ1v) is 13.0. The molecule has 192 valence electrons. The van der Waals surface area contributed by atoms with Crippen LogP contribution in [0.4, 0.5) is 0 Å². The summed E-state index contributed by atoms with van der Waals surface area (Å²) in [6.45, 7) is 3.03. The van der Waals surface area contributed by atoms with Crippen molar-refractivity contribution >= 4 is 23.3 Å². The van der Waals surface area contributed by atoms with Gasteiger partial charge in [-0.25, -0.2) is 0 Å². The van der Waals surface area contributed by atoms with Gasteiger partial charge in [-0.05, 0) is 56.9 Å². The maximum absolute atomic E-state index is 13.0. The minimum atomic E-state index is -1.54. The number of aliphatic hydroxyl groups is 1. The Labute approximate surface area is 221 Å². The number of hydrogen-bond acceptors (Lipinski definition) is 6. The second-order valence-electron chi connectivity index (χ2n) is 9.70. The van der Waals surface area contributed by atoms with E-state index in [2.05, 4.69) is 10.3 Å². The summed E-state index contributed by atoms with van der Waals surface area (Å²) in [6, 6.07) is 16.8. The van der Waals surface area contributed by atoms with Crippen molar-refractivity contribution in [1.29, 1.82) is 0 Å². The number of rotatable bonds is 9. The van der Waals surface area contributed by atoms with Crippen LogP contribution < -0.4 is 10.1 Å². The van der Waals surface area contributed by atoms with Crippen LogP contribution in [0.15, 0.2) is 66.9 Å². The summed E-state index contributed by atoms with van der Waals surface area (Å²) in [5.74, 6) is -0.873. The van der Waals surface area contributed by atoms with Gasteiger partial charge in [0, 0.05) is 36.0 Å².